The summed E-state index contributed by atoms with van der Waals surface area (Å²) in [6.45, 7) is 1.51. The molecule has 4 rings (SSSR count). The van der Waals surface area contributed by atoms with E-state index in [1.54, 1.807) is 12.1 Å². The molecule has 4 N–H and O–H groups in total. The molecule has 2 aliphatic rings. The Morgan fingerprint density at radius 1 is 1.14 bits per heavy atom. The van der Waals surface area contributed by atoms with Crippen molar-refractivity contribution in [3.8, 4) is 0 Å². The molecule has 10 heteroatoms. The average molecular weight is 530 g/mol. The molecular formula is C25H27ClF3NO4S. The van der Waals surface area contributed by atoms with Gasteiger partial charge < -0.3 is 20.6 Å². The minimum atomic E-state index is -1.61. The maximum Gasteiger partial charge on any atom is 0.255 e. The van der Waals surface area contributed by atoms with E-state index in [1.807, 2.05) is 0 Å². The molecular weight excluding hydrogens is 503 g/mol. The van der Waals surface area contributed by atoms with Crippen LogP contribution in [0.2, 0.25) is 5.02 Å². The number of amides is 1. The summed E-state index contributed by atoms with van der Waals surface area (Å²) in [5.74, 6) is -5.07. The average Bonchev–Trinajstić information content (AvgIpc) is 2.95. The molecule has 2 aliphatic carbocycles. The van der Waals surface area contributed by atoms with Crippen molar-refractivity contribution in [3.63, 3.8) is 0 Å². The van der Waals surface area contributed by atoms with Crippen molar-refractivity contribution >= 4 is 35.0 Å². The lowest BCUT2D eigenvalue weighted by Gasteiger charge is -2.44. The fourth-order valence-electron chi connectivity index (χ4n) is 5.29. The third-order valence-corrected chi connectivity index (χ3v) is 8.95. The molecule has 5 nitrogen and oxygen atoms in total. The van der Waals surface area contributed by atoms with Crippen LogP contribution in [0, 0.1) is 29.3 Å². The number of aliphatic hydroxyl groups excluding tert-OH is 2. The summed E-state index contributed by atoms with van der Waals surface area (Å²) in [7, 11) is 0. The summed E-state index contributed by atoms with van der Waals surface area (Å²) >= 11 is 7.89. The predicted molar refractivity (Wildman–Crippen MR) is 128 cm³/mol. The molecule has 1 amide bonds. The third kappa shape index (κ3) is 5.49. The van der Waals surface area contributed by atoms with Crippen molar-refractivity contribution in [1.82, 2.24) is 0 Å². The smallest absolute Gasteiger partial charge is 0.255 e. The van der Waals surface area contributed by atoms with E-state index in [9.17, 15) is 33.3 Å². The van der Waals surface area contributed by atoms with Gasteiger partial charge in [0.25, 0.3) is 5.91 Å². The number of nitrogens with one attached hydrogen (secondary N) is 1. The van der Waals surface area contributed by atoms with Crippen molar-refractivity contribution in [3.05, 3.63) is 58.4 Å². The minimum Gasteiger partial charge on any atom is -0.391 e. The Kier molecular flexibility index (Phi) is 7.74. The Labute approximate surface area is 210 Å². The van der Waals surface area contributed by atoms with Crippen LogP contribution in [0.1, 0.15) is 49.4 Å². The van der Waals surface area contributed by atoms with E-state index in [0.29, 0.717) is 34.9 Å². The number of hydrogen-bond donors (Lipinski definition) is 4. The number of thioether (sulfide) groups is 1. The van der Waals surface area contributed by atoms with Crippen LogP contribution in [-0.4, -0.2) is 44.3 Å². The number of carbonyl (C=O) groups is 1. The lowest BCUT2D eigenvalue weighted by Crippen LogP contribution is -2.49. The zero-order valence-electron chi connectivity index (χ0n) is 19.0. The van der Waals surface area contributed by atoms with Crippen molar-refractivity contribution in [2.75, 3.05) is 5.32 Å². The SMILES string of the molecule is CC(O)C(O)C[C@@]1(O)C2CC[C@H]1C[C@H](Sc1cc(C(=O)Nc3cc(F)c(F)c(F)c3)ccc1Cl)C2. The summed E-state index contributed by atoms with van der Waals surface area (Å²) in [6, 6.07) is 6.05. The van der Waals surface area contributed by atoms with E-state index < -0.39 is 41.2 Å². The van der Waals surface area contributed by atoms with Crippen LogP contribution in [0.5, 0.6) is 0 Å². The van der Waals surface area contributed by atoms with Crippen LogP contribution in [0.25, 0.3) is 0 Å². The highest BCUT2D eigenvalue weighted by Gasteiger charge is 2.54. The largest absolute Gasteiger partial charge is 0.391 e. The Balaban J connectivity index is 1.45. The van der Waals surface area contributed by atoms with Crippen LogP contribution in [0.3, 0.4) is 0 Å². The first-order valence-electron chi connectivity index (χ1n) is 11.5. The van der Waals surface area contributed by atoms with E-state index >= 15 is 0 Å². The standard InChI is InChI=1S/C25H27ClF3NO4S/c1-12(31)21(32)11-25(34)14-3-4-15(25)8-17(7-14)35-22-6-13(2-5-18(22)26)24(33)30-16-9-19(27)23(29)20(28)10-16/h2,5-6,9-10,12,14-15,17,21,31-32,34H,3-4,7-8,11H2,1H3,(H,30,33)/t12?,14-,15?,17-,21?,25-/m0/s1. The molecule has 6 atom stereocenters. The summed E-state index contributed by atoms with van der Waals surface area (Å²) < 4.78 is 40.1. The van der Waals surface area contributed by atoms with Crippen molar-refractivity contribution in [2.24, 2.45) is 11.8 Å². The molecule has 2 aromatic rings. The van der Waals surface area contributed by atoms with Gasteiger partial charge in [-0.3, -0.25) is 4.79 Å². The minimum absolute atomic E-state index is 0.0133. The number of carbonyl (C=O) groups excluding carboxylic acids is 1. The molecule has 3 unspecified atom stereocenters. The summed E-state index contributed by atoms with van der Waals surface area (Å²) in [6.07, 6.45) is 1.31. The first kappa shape index (κ1) is 26.3. The normalized spacial score (nSPS) is 27.5. The zero-order valence-corrected chi connectivity index (χ0v) is 20.6. The van der Waals surface area contributed by atoms with Crippen molar-refractivity contribution < 1.29 is 33.3 Å². The number of anilines is 1. The van der Waals surface area contributed by atoms with Gasteiger partial charge in [0.2, 0.25) is 0 Å². The van der Waals surface area contributed by atoms with Crippen LogP contribution in [0.4, 0.5) is 18.9 Å². The molecule has 0 heterocycles. The number of halogens is 4. The van der Waals surface area contributed by atoms with Gasteiger partial charge in [-0.1, -0.05) is 11.6 Å². The van der Waals surface area contributed by atoms with E-state index in [2.05, 4.69) is 5.32 Å². The van der Waals surface area contributed by atoms with E-state index in [1.165, 1.54) is 24.8 Å². The maximum atomic E-state index is 13.5. The number of benzene rings is 2. The van der Waals surface area contributed by atoms with Gasteiger partial charge in [-0.25, -0.2) is 13.2 Å². The summed E-state index contributed by atoms with van der Waals surface area (Å²) in [5, 5.41) is 34.1. The molecule has 190 valence electrons. The highest BCUT2D eigenvalue weighted by Crippen LogP contribution is 2.55. The second-order valence-electron chi connectivity index (χ2n) is 9.54. The highest BCUT2D eigenvalue weighted by atomic mass is 35.5. The second-order valence-corrected chi connectivity index (χ2v) is 11.3. The van der Waals surface area contributed by atoms with Gasteiger partial charge >= 0.3 is 0 Å². The summed E-state index contributed by atoms with van der Waals surface area (Å²) in [4.78, 5) is 13.3. The van der Waals surface area contributed by atoms with Crippen molar-refractivity contribution in [1.29, 1.82) is 0 Å². The van der Waals surface area contributed by atoms with Crippen molar-refractivity contribution in [2.45, 2.75) is 67.0 Å². The first-order valence-corrected chi connectivity index (χ1v) is 12.7. The molecule has 0 spiro atoms. The van der Waals surface area contributed by atoms with Crippen LogP contribution in [-0.2, 0) is 0 Å². The number of fused-ring (bicyclic) bond motifs is 2. The van der Waals surface area contributed by atoms with Gasteiger partial charge in [0, 0.05) is 39.9 Å². The summed E-state index contributed by atoms with van der Waals surface area (Å²) in [5.41, 5.74) is -1.01. The molecule has 0 saturated heterocycles. The molecule has 0 aromatic heterocycles. The Bertz CT molecular complexity index is 1080. The van der Waals surface area contributed by atoms with E-state index in [4.69, 9.17) is 11.6 Å². The first-order chi connectivity index (χ1) is 16.5. The molecule has 2 bridgehead atoms. The van der Waals surface area contributed by atoms with E-state index in [0.717, 1.165) is 12.8 Å². The maximum absolute atomic E-state index is 13.5. The number of aliphatic hydroxyl groups is 3. The van der Waals surface area contributed by atoms with Gasteiger partial charge in [-0.2, -0.15) is 0 Å². The topological polar surface area (TPSA) is 89.8 Å². The lowest BCUT2D eigenvalue weighted by atomic mass is 9.71. The quantitative estimate of drug-likeness (QED) is 0.372. The number of rotatable bonds is 7. The molecule has 0 radical (unpaired) electrons. The molecule has 2 saturated carbocycles. The Morgan fingerprint density at radius 2 is 1.74 bits per heavy atom. The van der Waals surface area contributed by atoms with Gasteiger partial charge in [0.1, 0.15) is 0 Å². The molecule has 35 heavy (non-hydrogen) atoms. The predicted octanol–water partition coefficient (Wildman–Crippen LogP) is 5.15. The van der Waals surface area contributed by atoms with Crippen LogP contribution >= 0.6 is 23.4 Å². The number of hydrogen-bond acceptors (Lipinski definition) is 5. The third-order valence-electron chi connectivity index (χ3n) is 7.19. The van der Waals surface area contributed by atoms with Crippen LogP contribution < -0.4 is 5.32 Å². The van der Waals surface area contributed by atoms with Gasteiger partial charge in [0.15, 0.2) is 17.5 Å². The molecule has 0 aliphatic heterocycles. The molecule has 2 fully saturated rings. The fourth-order valence-corrected chi connectivity index (χ4v) is 6.93. The molecule has 2 aromatic carbocycles. The fraction of sp³-hybridized carbons (Fsp3) is 0.480. The van der Waals surface area contributed by atoms with Crippen LogP contribution in [0.15, 0.2) is 35.2 Å². The Hall–Kier alpha value is -1.78. The second kappa shape index (κ2) is 10.3. The lowest BCUT2D eigenvalue weighted by molar-refractivity contribution is -0.106. The Morgan fingerprint density at radius 3 is 2.31 bits per heavy atom. The van der Waals surface area contributed by atoms with Gasteiger partial charge in [0.05, 0.1) is 22.8 Å². The van der Waals surface area contributed by atoms with Gasteiger partial charge in [-0.05, 0) is 62.6 Å². The highest BCUT2D eigenvalue weighted by molar-refractivity contribution is 8.00. The zero-order chi connectivity index (χ0) is 25.5. The van der Waals surface area contributed by atoms with Gasteiger partial charge in [-0.15, -0.1) is 11.8 Å². The van der Waals surface area contributed by atoms with E-state index in [-0.39, 0.29) is 34.8 Å². The monoisotopic (exact) mass is 529 g/mol.